The van der Waals surface area contributed by atoms with E-state index in [4.69, 9.17) is 5.11 Å². The minimum Gasteiger partial charge on any atom is -0.481 e. The predicted molar refractivity (Wildman–Crippen MR) is 59.2 cm³/mol. The Labute approximate surface area is 104 Å². The Morgan fingerprint density at radius 2 is 1.94 bits per heavy atom. The van der Waals surface area contributed by atoms with Crippen LogP contribution < -0.4 is 0 Å². The fraction of sp³-hybridized carbons (Fsp3) is 0.917. The molecule has 0 aromatic rings. The largest absolute Gasteiger partial charge is 0.481 e. The van der Waals surface area contributed by atoms with Crippen molar-refractivity contribution in [3.8, 4) is 0 Å². The molecule has 0 heterocycles. The SMILES string of the molecule is O=C(O)C1CCCCC1CCCOCC(F)(F)F. The molecule has 0 aromatic heterocycles. The maximum atomic E-state index is 11.8. The lowest BCUT2D eigenvalue weighted by Gasteiger charge is -2.28. The molecule has 1 rings (SSSR count). The standard InChI is InChI=1S/C12H19F3O3/c13-12(14,15)8-18-7-3-5-9-4-1-2-6-10(9)11(16)17/h9-10H,1-8H2,(H,16,17). The summed E-state index contributed by atoms with van der Waals surface area (Å²) in [6.07, 6.45) is 0.323. The van der Waals surface area contributed by atoms with Crippen molar-refractivity contribution >= 4 is 5.97 Å². The van der Waals surface area contributed by atoms with Gasteiger partial charge in [-0.2, -0.15) is 13.2 Å². The lowest BCUT2D eigenvalue weighted by atomic mass is 9.77. The highest BCUT2D eigenvalue weighted by Crippen LogP contribution is 2.33. The highest BCUT2D eigenvalue weighted by Gasteiger charge is 2.30. The summed E-state index contributed by atoms with van der Waals surface area (Å²) in [5, 5.41) is 9.04. The van der Waals surface area contributed by atoms with E-state index >= 15 is 0 Å². The second-order valence-corrected chi connectivity index (χ2v) is 4.80. The van der Waals surface area contributed by atoms with Crippen LogP contribution >= 0.6 is 0 Å². The van der Waals surface area contributed by atoms with Crippen molar-refractivity contribution in [3.63, 3.8) is 0 Å². The van der Waals surface area contributed by atoms with Crippen molar-refractivity contribution in [3.05, 3.63) is 0 Å². The molecule has 0 spiro atoms. The molecule has 106 valence electrons. The smallest absolute Gasteiger partial charge is 0.411 e. The number of carbonyl (C=O) groups is 1. The minimum absolute atomic E-state index is 0.0440. The van der Waals surface area contributed by atoms with E-state index in [1.165, 1.54) is 0 Å². The van der Waals surface area contributed by atoms with E-state index in [1.807, 2.05) is 0 Å². The molecule has 0 amide bonds. The number of alkyl halides is 3. The average molecular weight is 268 g/mol. The molecule has 3 nitrogen and oxygen atoms in total. The molecule has 18 heavy (non-hydrogen) atoms. The molecule has 1 saturated carbocycles. The van der Waals surface area contributed by atoms with E-state index in [9.17, 15) is 18.0 Å². The Kier molecular flexibility index (Phi) is 5.91. The van der Waals surface area contributed by atoms with Crippen LogP contribution in [0.4, 0.5) is 13.2 Å². The summed E-state index contributed by atoms with van der Waals surface area (Å²) in [5.74, 6) is -1.02. The zero-order valence-corrected chi connectivity index (χ0v) is 10.2. The van der Waals surface area contributed by atoms with E-state index < -0.39 is 18.8 Å². The highest BCUT2D eigenvalue weighted by molar-refractivity contribution is 5.70. The summed E-state index contributed by atoms with van der Waals surface area (Å²) >= 11 is 0. The maximum absolute atomic E-state index is 11.8. The van der Waals surface area contributed by atoms with Crippen LogP contribution in [-0.2, 0) is 9.53 Å². The molecule has 0 bridgehead atoms. The first kappa shape index (κ1) is 15.3. The molecular formula is C12H19F3O3. The third-order valence-electron chi connectivity index (χ3n) is 3.36. The van der Waals surface area contributed by atoms with Crippen LogP contribution in [0.2, 0.25) is 0 Å². The fourth-order valence-corrected chi connectivity index (χ4v) is 2.51. The van der Waals surface area contributed by atoms with E-state index in [0.717, 1.165) is 19.3 Å². The van der Waals surface area contributed by atoms with Gasteiger partial charge in [0.05, 0.1) is 5.92 Å². The van der Waals surface area contributed by atoms with Crippen molar-refractivity contribution in [2.24, 2.45) is 11.8 Å². The van der Waals surface area contributed by atoms with Gasteiger partial charge in [-0.05, 0) is 31.6 Å². The van der Waals surface area contributed by atoms with Gasteiger partial charge in [-0.15, -0.1) is 0 Å². The van der Waals surface area contributed by atoms with E-state index in [2.05, 4.69) is 4.74 Å². The maximum Gasteiger partial charge on any atom is 0.411 e. The molecule has 0 radical (unpaired) electrons. The Bertz CT molecular complexity index is 266. The molecule has 1 aliphatic rings. The number of carboxylic acids is 1. The van der Waals surface area contributed by atoms with Gasteiger partial charge in [0.15, 0.2) is 0 Å². The van der Waals surface area contributed by atoms with Gasteiger partial charge < -0.3 is 9.84 Å². The van der Waals surface area contributed by atoms with Gasteiger partial charge >= 0.3 is 12.1 Å². The van der Waals surface area contributed by atoms with Crippen molar-refractivity contribution in [1.82, 2.24) is 0 Å². The van der Waals surface area contributed by atoms with Crippen molar-refractivity contribution in [1.29, 1.82) is 0 Å². The van der Waals surface area contributed by atoms with Gasteiger partial charge in [0.2, 0.25) is 0 Å². The first-order chi connectivity index (χ1) is 8.40. The predicted octanol–water partition coefficient (Wildman–Crippen LogP) is 3.24. The summed E-state index contributed by atoms with van der Waals surface area (Å²) < 4.78 is 39.9. The van der Waals surface area contributed by atoms with Gasteiger partial charge in [0, 0.05) is 6.61 Å². The number of hydrogen-bond acceptors (Lipinski definition) is 2. The monoisotopic (exact) mass is 268 g/mol. The lowest BCUT2D eigenvalue weighted by Crippen LogP contribution is -2.27. The number of hydrogen-bond donors (Lipinski definition) is 1. The molecule has 1 fully saturated rings. The van der Waals surface area contributed by atoms with Gasteiger partial charge in [-0.3, -0.25) is 4.79 Å². The normalized spacial score (nSPS) is 25.1. The molecule has 0 aromatic carbocycles. The van der Waals surface area contributed by atoms with E-state index in [1.54, 1.807) is 0 Å². The number of carboxylic acid groups (broad SMARTS) is 1. The van der Waals surface area contributed by atoms with Gasteiger partial charge in [0.25, 0.3) is 0 Å². The highest BCUT2D eigenvalue weighted by atomic mass is 19.4. The second-order valence-electron chi connectivity index (χ2n) is 4.80. The molecule has 2 unspecified atom stereocenters. The van der Waals surface area contributed by atoms with Crippen LogP contribution in [0.15, 0.2) is 0 Å². The third-order valence-corrected chi connectivity index (χ3v) is 3.36. The van der Waals surface area contributed by atoms with Crippen LogP contribution in [0, 0.1) is 11.8 Å². The molecule has 1 aliphatic carbocycles. The topological polar surface area (TPSA) is 46.5 Å². The summed E-state index contributed by atoms with van der Waals surface area (Å²) in [6.45, 7) is -1.18. The van der Waals surface area contributed by atoms with Crippen LogP contribution in [0.5, 0.6) is 0 Å². The summed E-state index contributed by atoms with van der Waals surface area (Å²) in [4.78, 5) is 11.0. The quantitative estimate of drug-likeness (QED) is 0.752. The third kappa shape index (κ3) is 5.71. The van der Waals surface area contributed by atoms with Crippen LogP contribution in [0.25, 0.3) is 0 Å². The molecule has 1 N–H and O–H groups in total. The molecular weight excluding hydrogens is 249 g/mol. The Morgan fingerprint density at radius 1 is 1.28 bits per heavy atom. The molecule has 6 heteroatoms. The summed E-state index contributed by atoms with van der Waals surface area (Å²) in [5.41, 5.74) is 0. The van der Waals surface area contributed by atoms with Crippen LogP contribution in [0.3, 0.4) is 0 Å². The van der Waals surface area contributed by atoms with Crippen molar-refractivity contribution in [2.45, 2.75) is 44.7 Å². The molecule has 0 saturated heterocycles. The average Bonchev–Trinajstić information content (AvgIpc) is 2.27. The van der Waals surface area contributed by atoms with E-state index in [-0.39, 0.29) is 18.4 Å². The number of ether oxygens (including phenoxy) is 1. The van der Waals surface area contributed by atoms with Crippen molar-refractivity contribution in [2.75, 3.05) is 13.2 Å². The Balaban J connectivity index is 2.19. The Hall–Kier alpha value is -0.780. The first-order valence-electron chi connectivity index (χ1n) is 6.27. The molecule has 2 atom stereocenters. The number of rotatable bonds is 6. The van der Waals surface area contributed by atoms with Crippen LogP contribution in [0.1, 0.15) is 38.5 Å². The Morgan fingerprint density at radius 3 is 2.56 bits per heavy atom. The van der Waals surface area contributed by atoms with E-state index in [0.29, 0.717) is 19.3 Å². The fourth-order valence-electron chi connectivity index (χ4n) is 2.51. The summed E-state index contributed by atoms with van der Waals surface area (Å²) in [6, 6.07) is 0. The van der Waals surface area contributed by atoms with Gasteiger partial charge in [0.1, 0.15) is 6.61 Å². The van der Waals surface area contributed by atoms with Gasteiger partial charge in [-0.1, -0.05) is 12.8 Å². The van der Waals surface area contributed by atoms with Gasteiger partial charge in [-0.25, -0.2) is 0 Å². The zero-order valence-electron chi connectivity index (χ0n) is 10.2. The second kappa shape index (κ2) is 6.97. The molecule has 0 aliphatic heterocycles. The minimum atomic E-state index is -4.28. The van der Waals surface area contributed by atoms with Crippen LogP contribution in [-0.4, -0.2) is 30.5 Å². The number of halogens is 3. The summed E-state index contributed by atoms with van der Waals surface area (Å²) in [7, 11) is 0. The zero-order chi connectivity index (χ0) is 13.6. The van der Waals surface area contributed by atoms with Crippen molar-refractivity contribution < 1.29 is 27.8 Å². The number of aliphatic carboxylic acids is 1. The first-order valence-corrected chi connectivity index (χ1v) is 6.27. The lowest BCUT2D eigenvalue weighted by molar-refractivity contribution is -0.174.